The van der Waals surface area contributed by atoms with Crippen LogP contribution in [0.5, 0.6) is 0 Å². The van der Waals surface area contributed by atoms with Crippen LogP contribution in [0.15, 0.2) is 43.1 Å². The Labute approximate surface area is 191 Å². The fraction of sp³-hybridized carbons (Fsp3) is 0.273. The Bertz CT molecular complexity index is 1520. The number of Topliss-reactive ketones (excluding diaryl/α,β-unsaturated/α-hetero) is 1. The van der Waals surface area contributed by atoms with Gasteiger partial charge >= 0.3 is 0 Å². The summed E-state index contributed by atoms with van der Waals surface area (Å²) >= 11 is 5.88. The van der Waals surface area contributed by atoms with E-state index >= 15 is 0 Å². The molecule has 0 N–H and O–H groups in total. The van der Waals surface area contributed by atoms with Crippen LogP contribution in [-0.2, 0) is 13.0 Å². The predicted octanol–water partition coefficient (Wildman–Crippen LogP) is 3.50. The topological polar surface area (TPSA) is 95.3 Å². The average Bonchev–Trinajstić information content (AvgIpc) is 3.23. The molecule has 0 saturated heterocycles. The normalized spacial score (nSPS) is 13.9. The molecule has 5 aromatic heterocycles. The van der Waals surface area contributed by atoms with E-state index < -0.39 is 5.82 Å². The molecule has 1 aliphatic carbocycles. The SMILES string of the molecule is O=C(CCc1ncn2ccc(Cl)c(F)c12)c1cn(Cc2nc3cc(C4CC4)ccn3n2)nn1. The zero-order chi connectivity index (χ0) is 22.5. The van der Waals surface area contributed by atoms with Gasteiger partial charge in [0.25, 0.3) is 0 Å². The highest BCUT2D eigenvalue weighted by atomic mass is 35.5. The maximum absolute atomic E-state index is 14.4. The molecular formula is C22H18ClFN8O. The van der Waals surface area contributed by atoms with Gasteiger partial charge in [-0.15, -0.1) is 10.2 Å². The zero-order valence-electron chi connectivity index (χ0n) is 17.4. The lowest BCUT2D eigenvalue weighted by Crippen LogP contribution is -2.04. The van der Waals surface area contributed by atoms with Crippen LogP contribution in [-0.4, -0.2) is 44.8 Å². The summed E-state index contributed by atoms with van der Waals surface area (Å²) in [5, 5.41) is 12.5. The van der Waals surface area contributed by atoms with Gasteiger partial charge in [0.15, 0.2) is 23.1 Å². The molecule has 1 aliphatic rings. The van der Waals surface area contributed by atoms with Gasteiger partial charge in [-0.3, -0.25) is 4.79 Å². The van der Waals surface area contributed by atoms with Crippen LogP contribution in [0.4, 0.5) is 4.39 Å². The van der Waals surface area contributed by atoms with Crippen molar-refractivity contribution in [2.24, 2.45) is 0 Å². The Hall–Kier alpha value is -3.66. The quantitative estimate of drug-likeness (QED) is 0.342. The van der Waals surface area contributed by atoms with Crippen molar-refractivity contribution in [3.05, 3.63) is 76.7 Å². The number of carbonyl (C=O) groups excluding carboxylic acids is 1. The van der Waals surface area contributed by atoms with Crippen LogP contribution < -0.4 is 0 Å². The minimum absolute atomic E-state index is 0.0165. The number of pyridine rings is 2. The number of hydrogen-bond donors (Lipinski definition) is 0. The molecular weight excluding hydrogens is 447 g/mol. The van der Waals surface area contributed by atoms with Crippen LogP contribution in [0.3, 0.4) is 0 Å². The molecule has 0 radical (unpaired) electrons. The Balaban J connectivity index is 1.14. The summed E-state index contributed by atoms with van der Waals surface area (Å²) in [7, 11) is 0. The smallest absolute Gasteiger partial charge is 0.185 e. The summed E-state index contributed by atoms with van der Waals surface area (Å²) in [5.74, 6) is 0.479. The first-order chi connectivity index (χ1) is 16.0. The van der Waals surface area contributed by atoms with Crippen molar-refractivity contribution in [3.8, 4) is 0 Å². The largest absolute Gasteiger partial charge is 0.303 e. The molecule has 1 saturated carbocycles. The van der Waals surface area contributed by atoms with E-state index in [0.29, 0.717) is 24.0 Å². The van der Waals surface area contributed by atoms with Gasteiger partial charge < -0.3 is 4.40 Å². The van der Waals surface area contributed by atoms with E-state index in [0.717, 1.165) is 5.65 Å². The summed E-state index contributed by atoms with van der Waals surface area (Å²) in [6, 6.07) is 5.61. The number of carbonyl (C=O) groups is 1. The molecule has 0 atom stereocenters. The number of hydrogen-bond acceptors (Lipinski definition) is 6. The molecule has 166 valence electrons. The van der Waals surface area contributed by atoms with E-state index in [2.05, 4.69) is 37.5 Å². The van der Waals surface area contributed by atoms with Crippen molar-refractivity contribution in [2.75, 3.05) is 0 Å². The van der Waals surface area contributed by atoms with E-state index in [-0.39, 0.29) is 34.9 Å². The maximum Gasteiger partial charge on any atom is 0.185 e. The second-order valence-electron chi connectivity index (χ2n) is 8.21. The molecule has 6 rings (SSSR count). The molecule has 5 aromatic rings. The van der Waals surface area contributed by atoms with Gasteiger partial charge in [-0.05, 0) is 48.9 Å². The van der Waals surface area contributed by atoms with Crippen LogP contribution in [0.2, 0.25) is 5.02 Å². The van der Waals surface area contributed by atoms with Crippen molar-refractivity contribution in [1.82, 2.24) is 39.0 Å². The van der Waals surface area contributed by atoms with Crippen molar-refractivity contribution in [3.63, 3.8) is 0 Å². The molecule has 0 amide bonds. The Kier molecular flexibility index (Phi) is 4.68. The third-order valence-corrected chi connectivity index (χ3v) is 6.13. The molecule has 0 aliphatic heterocycles. The van der Waals surface area contributed by atoms with Crippen LogP contribution in [0.1, 0.15) is 52.8 Å². The molecule has 11 heteroatoms. The second kappa shape index (κ2) is 7.73. The highest BCUT2D eigenvalue weighted by Gasteiger charge is 2.24. The fourth-order valence-corrected chi connectivity index (χ4v) is 4.10. The summed E-state index contributed by atoms with van der Waals surface area (Å²) in [6.45, 7) is 0.302. The number of aryl methyl sites for hydroxylation is 1. The van der Waals surface area contributed by atoms with Crippen LogP contribution in [0, 0.1) is 5.82 Å². The van der Waals surface area contributed by atoms with E-state index in [1.165, 1.54) is 35.5 Å². The van der Waals surface area contributed by atoms with Gasteiger partial charge in [-0.2, -0.15) is 0 Å². The first-order valence-corrected chi connectivity index (χ1v) is 11.0. The lowest BCUT2D eigenvalue weighted by molar-refractivity contribution is 0.0977. The van der Waals surface area contributed by atoms with E-state index in [1.807, 2.05) is 6.20 Å². The lowest BCUT2D eigenvalue weighted by Gasteiger charge is -2.01. The van der Waals surface area contributed by atoms with Crippen molar-refractivity contribution in [1.29, 1.82) is 0 Å². The Morgan fingerprint density at radius 1 is 1.24 bits per heavy atom. The number of halogens is 2. The standard InChI is InChI=1S/C22H18ClFN8O/c23-15-6-7-30-12-25-16(22(30)21(15)24)3-4-18(33)17-10-31(29-27-17)11-19-26-20-9-14(13-1-2-13)5-8-32(20)28-19/h5-10,12-13H,1-4,11H2. The van der Waals surface area contributed by atoms with E-state index in [4.69, 9.17) is 11.6 Å². The van der Waals surface area contributed by atoms with Crippen molar-refractivity contribution >= 4 is 28.5 Å². The average molecular weight is 465 g/mol. The first kappa shape index (κ1) is 20.0. The summed E-state index contributed by atoms with van der Waals surface area (Å²) < 4.78 is 19.2. The molecule has 5 heterocycles. The van der Waals surface area contributed by atoms with Crippen LogP contribution >= 0.6 is 11.6 Å². The van der Waals surface area contributed by atoms with Gasteiger partial charge in [0, 0.05) is 18.8 Å². The summed E-state index contributed by atoms with van der Waals surface area (Å²) in [4.78, 5) is 21.4. The van der Waals surface area contributed by atoms with Crippen molar-refractivity contribution in [2.45, 2.75) is 38.1 Å². The molecule has 1 fully saturated rings. The fourth-order valence-electron chi connectivity index (χ4n) is 3.96. The van der Waals surface area contributed by atoms with Crippen molar-refractivity contribution < 1.29 is 9.18 Å². The number of fused-ring (bicyclic) bond motifs is 2. The van der Waals surface area contributed by atoms with Gasteiger partial charge in [0.1, 0.15) is 17.8 Å². The molecule has 0 spiro atoms. The highest BCUT2D eigenvalue weighted by Crippen LogP contribution is 2.40. The Morgan fingerprint density at radius 3 is 2.97 bits per heavy atom. The summed E-state index contributed by atoms with van der Waals surface area (Å²) in [5.41, 5.74) is 3.07. The summed E-state index contributed by atoms with van der Waals surface area (Å²) in [6.07, 6.45) is 9.46. The second-order valence-corrected chi connectivity index (χ2v) is 8.62. The Morgan fingerprint density at radius 2 is 2.12 bits per heavy atom. The zero-order valence-corrected chi connectivity index (χ0v) is 18.2. The van der Waals surface area contributed by atoms with Gasteiger partial charge in [-0.25, -0.2) is 23.6 Å². The van der Waals surface area contributed by atoms with E-state index in [1.54, 1.807) is 21.3 Å². The molecule has 0 unspecified atom stereocenters. The highest BCUT2D eigenvalue weighted by molar-refractivity contribution is 6.31. The number of aromatic nitrogens is 8. The number of imidazole rings is 1. The van der Waals surface area contributed by atoms with Gasteiger partial charge in [0.2, 0.25) is 0 Å². The minimum Gasteiger partial charge on any atom is -0.303 e. The van der Waals surface area contributed by atoms with Gasteiger partial charge in [-0.1, -0.05) is 16.8 Å². The van der Waals surface area contributed by atoms with Crippen LogP contribution in [0.25, 0.3) is 11.2 Å². The molecule has 9 nitrogen and oxygen atoms in total. The monoisotopic (exact) mass is 464 g/mol. The number of rotatable bonds is 7. The third-order valence-electron chi connectivity index (χ3n) is 5.84. The lowest BCUT2D eigenvalue weighted by atomic mass is 10.1. The maximum atomic E-state index is 14.4. The molecule has 0 bridgehead atoms. The number of ketones is 1. The first-order valence-electron chi connectivity index (χ1n) is 10.6. The third kappa shape index (κ3) is 3.76. The minimum atomic E-state index is -0.547. The number of nitrogens with zero attached hydrogens (tertiary/aromatic N) is 8. The van der Waals surface area contributed by atoms with E-state index in [9.17, 15) is 9.18 Å². The van der Waals surface area contributed by atoms with Gasteiger partial charge in [0.05, 0.1) is 23.2 Å². The molecule has 0 aromatic carbocycles. The molecule has 33 heavy (non-hydrogen) atoms. The predicted molar refractivity (Wildman–Crippen MR) is 117 cm³/mol.